The van der Waals surface area contributed by atoms with Crippen molar-refractivity contribution in [2.45, 2.75) is 13.0 Å². The van der Waals surface area contributed by atoms with Gasteiger partial charge in [-0.05, 0) is 41.5 Å². The number of nitrogen functional groups attached to an aromatic ring is 1. The molecule has 3 N–H and O–H groups in total. The molecule has 4 heteroatoms. The molecule has 0 fully saturated rings. The molecule has 0 saturated carbocycles. The normalized spacial score (nSPS) is 9.50. The number of nitrogens with one attached hydrogen (secondary N) is 1. The molecule has 0 heterocycles. The van der Waals surface area contributed by atoms with Gasteiger partial charge in [-0.2, -0.15) is 10.5 Å². The maximum absolute atomic E-state index is 8.86. The summed E-state index contributed by atoms with van der Waals surface area (Å²) in [4.78, 5) is 0. The molecule has 0 unspecified atom stereocenters. The highest BCUT2D eigenvalue weighted by Gasteiger charge is 2.01. The Balaban J connectivity index is 2.09. The van der Waals surface area contributed by atoms with E-state index in [2.05, 4.69) is 17.5 Å². The van der Waals surface area contributed by atoms with Crippen molar-refractivity contribution in [3.05, 3.63) is 59.2 Å². The van der Waals surface area contributed by atoms with E-state index in [0.717, 1.165) is 16.8 Å². The summed E-state index contributed by atoms with van der Waals surface area (Å²) in [5, 5.41) is 20.9. The number of nitrogens with two attached hydrogens (primary N) is 1. The van der Waals surface area contributed by atoms with Crippen LogP contribution < -0.4 is 11.1 Å². The predicted molar refractivity (Wildman–Crippen MR) is 78.7 cm³/mol. The van der Waals surface area contributed by atoms with Crippen LogP contribution in [0.1, 0.15) is 16.7 Å². The average molecular weight is 262 g/mol. The molecule has 0 atom stereocenters. The minimum atomic E-state index is 0.297. The molecule has 0 radical (unpaired) electrons. The third kappa shape index (κ3) is 3.28. The number of nitriles is 2. The van der Waals surface area contributed by atoms with E-state index in [-0.39, 0.29) is 0 Å². The van der Waals surface area contributed by atoms with Crippen molar-refractivity contribution in [3.63, 3.8) is 0 Å². The van der Waals surface area contributed by atoms with Crippen molar-refractivity contribution >= 4 is 11.4 Å². The Bertz CT molecular complexity index is 692. The van der Waals surface area contributed by atoms with Crippen molar-refractivity contribution in [2.75, 3.05) is 11.1 Å². The topological polar surface area (TPSA) is 85.6 Å². The minimum Gasteiger partial charge on any atom is -0.398 e. The zero-order chi connectivity index (χ0) is 14.4. The fourth-order valence-corrected chi connectivity index (χ4v) is 1.91. The van der Waals surface area contributed by atoms with Crippen molar-refractivity contribution in [3.8, 4) is 12.1 Å². The van der Waals surface area contributed by atoms with Gasteiger partial charge < -0.3 is 11.1 Å². The monoisotopic (exact) mass is 262 g/mol. The van der Waals surface area contributed by atoms with E-state index in [1.54, 1.807) is 12.1 Å². The lowest BCUT2D eigenvalue weighted by atomic mass is 10.1. The summed E-state index contributed by atoms with van der Waals surface area (Å²) in [5.41, 5.74) is 9.84. The first-order valence-electron chi connectivity index (χ1n) is 6.21. The Morgan fingerprint density at radius 1 is 1.10 bits per heavy atom. The highest BCUT2D eigenvalue weighted by atomic mass is 14.9. The van der Waals surface area contributed by atoms with Crippen molar-refractivity contribution in [2.24, 2.45) is 0 Å². The Morgan fingerprint density at radius 2 is 1.95 bits per heavy atom. The lowest BCUT2D eigenvalue weighted by Crippen LogP contribution is -2.01. The Kier molecular flexibility index (Phi) is 4.21. The predicted octanol–water partition coefficient (Wildman–Crippen LogP) is 2.82. The van der Waals surface area contributed by atoms with Gasteiger partial charge in [0.05, 0.1) is 24.1 Å². The molecule has 0 aromatic heterocycles. The van der Waals surface area contributed by atoms with Crippen LogP contribution in [-0.2, 0) is 13.0 Å². The summed E-state index contributed by atoms with van der Waals surface area (Å²) >= 11 is 0. The second-order valence-corrected chi connectivity index (χ2v) is 4.41. The van der Waals surface area contributed by atoms with Gasteiger partial charge in [0.1, 0.15) is 0 Å². The van der Waals surface area contributed by atoms with Crippen LogP contribution in [0.5, 0.6) is 0 Å². The van der Waals surface area contributed by atoms with Crippen LogP contribution in [0.15, 0.2) is 42.5 Å². The molecule has 2 aromatic rings. The zero-order valence-corrected chi connectivity index (χ0v) is 10.9. The molecule has 0 aliphatic heterocycles. The van der Waals surface area contributed by atoms with E-state index in [4.69, 9.17) is 16.3 Å². The molecule has 0 amide bonds. The molecule has 4 nitrogen and oxygen atoms in total. The van der Waals surface area contributed by atoms with Gasteiger partial charge in [0.2, 0.25) is 0 Å². The number of hydrogen-bond donors (Lipinski definition) is 2. The van der Waals surface area contributed by atoms with Gasteiger partial charge in [-0.1, -0.05) is 12.1 Å². The summed E-state index contributed by atoms with van der Waals surface area (Å²) in [6.45, 7) is 0.616. The van der Waals surface area contributed by atoms with E-state index >= 15 is 0 Å². The first-order valence-corrected chi connectivity index (χ1v) is 6.21. The Hall–Kier alpha value is -2.98. The molecule has 0 saturated heterocycles. The van der Waals surface area contributed by atoms with Crippen LogP contribution in [0.4, 0.5) is 11.4 Å². The third-order valence-corrected chi connectivity index (χ3v) is 2.97. The van der Waals surface area contributed by atoms with Crippen LogP contribution in [0, 0.1) is 22.7 Å². The molecular weight excluding hydrogens is 248 g/mol. The maximum atomic E-state index is 8.86. The number of nitrogens with zero attached hydrogens (tertiary/aromatic N) is 2. The highest BCUT2D eigenvalue weighted by Crippen LogP contribution is 2.19. The van der Waals surface area contributed by atoms with Crippen LogP contribution in [0.2, 0.25) is 0 Å². The molecule has 2 rings (SSSR count). The molecule has 2 aromatic carbocycles. The second-order valence-electron chi connectivity index (χ2n) is 4.41. The molecule has 0 spiro atoms. The van der Waals surface area contributed by atoms with Gasteiger partial charge in [0.15, 0.2) is 0 Å². The van der Waals surface area contributed by atoms with Crippen LogP contribution >= 0.6 is 0 Å². The van der Waals surface area contributed by atoms with Gasteiger partial charge >= 0.3 is 0 Å². The summed E-state index contributed by atoms with van der Waals surface area (Å²) in [7, 11) is 0. The summed E-state index contributed by atoms with van der Waals surface area (Å²) in [5.74, 6) is 0. The minimum absolute atomic E-state index is 0.297. The van der Waals surface area contributed by atoms with Gasteiger partial charge in [-0.15, -0.1) is 0 Å². The molecule has 98 valence electrons. The SMILES string of the molecule is N#CCc1cc(NCc2cccc(C#N)c2)ccc1N. The highest BCUT2D eigenvalue weighted by molar-refractivity contribution is 5.58. The van der Waals surface area contributed by atoms with Crippen molar-refractivity contribution in [1.82, 2.24) is 0 Å². The lowest BCUT2D eigenvalue weighted by molar-refractivity contribution is 1.14. The van der Waals surface area contributed by atoms with E-state index in [1.807, 2.05) is 30.3 Å². The van der Waals surface area contributed by atoms with Gasteiger partial charge in [0, 0.05) is 17.9 Å². The third-order valence-electron chi connectivity index (χ3n) is 2.97. The molecule has 0 bridgehead atoms. The molecule has 0 aliphatic rings. The molecular formula is C16H14N4. The maximum Gasteiger partial charge on any atom is 0.0991 e. The largest absolute Gasteiger partial charge is 0.398 e. The number of benzene rings is 2. The number of anilines is 2. The number of hydrogen-bond acceptors (Lipinski definition) is 4. The first kappa shape index (κ1) is 13.5. The summed E-state index contributed by atoms with van der Waals surface area (Å²) < 4.78 is 0. The fraction of sp³-hybridized carbons (Fsp3) is 0.125. The summed E-state index contributed by atoms with van der Waals surface area (Å²) in [6.07, 6.45) is 0.297. The molecule has 20 heavy (non-hydrogen) atoms. The van der Waals surface area contributed by atoms with Crippen LogP contribution in [0.3, 0.4) is 0 Å². The van der Waals surface area contributed by atoms with Gasteiger partial charge in [-0.3, -0.25) is 0 Å². The fourth-order valence-electron chi connectivity index (χ4n) is 1.91. The second kappa shape index (κ2) is 6.26. The van der Waals surface area contributed by atoms with Crippen molar-refractivity contribution < 1.29 is 0 Å². The van der Waals surface area contributed by atoms with Crippen LogP contribution in [-0.4, -0.2) is 0 Å². The van der Waals surface area contributed by atoms with Crippen LogP contribution in [0.25, 0.3) is 0 Å². The lowest BCUT2D eigenvalue weighted by Gasteiger charge is -2.09. The van der Waals surface area contributed by atoms with Crippen molar-refractivity contribution in [1.29, 1.82) is 10.5 Å². The standard InChI is InChI=1S/C16H14N4/c17-7-6-14-9-15(4-5-16(14)19)20-11-13-3-1-2-12(8-13)10-18/h1-5,8-9,20H,6,11,19H2. The summed E-state index contributed by atoms with van der Waals surface area (Å²) in [6, 6.07) is 17.2. The van der Waals surface area contributed by atoms with E-state index < -0.39 is 0 Å². The smallest absolute Gasteiger partial charge is 0.0991 e. The van der Waals surface area contributed by atoms with E-state index in [9.17, 15) is 0 Å². The Morgan fingerprint density at radius 3 is 2.70 bits per heavy atom. The molecule has 0 aliphatic carbocycles. The Labute approximate surface area is 118 Å². The quantitative estimate of drug-likeness (QED) is 0.829. The van der Waals surface area contributed by atoms with E-state index in [1.165, 1.54) is 0 Å². The van der Waals surface area contributed by atoms with E-state index in [0.29, 0.717) is 24.2 Å². The first-order chi connectivity index (χ1) is 9.72. The van der Waals surface area contributed by atoms with Gasteiger partial charge in [-0.25, -0.2) is 0 Å². The zero-order valence-electron chi connectivity index (χ0n) is 10.9. The number of rotatable bonds is 4. The van der Waals surface area contributed by atoms with Gasteiger partial charge in [0.25, 0.3) is 0 Å². The average Bonchev–Trinajstić information content (AvgIpc) is 2.48.